The summed E-state index contributed by atoms with van der Waals surface area (Å²) in [6.45, 7) is 1.90. The summed E-state index contributed by atoms with van der Waals surface area (Å²) in [4.78, 5) is 30.1. The number of halogens is 1. The van der Waals surface area contributed by atoms with E-state index >= 15 is 0 Å². The second-order valence-electron chi connectivity index (χ2n) is 5.09. The lowest BCUT2D eigenvalue weighted by atomic mass is 10.0. The molecule has 0 radical (unpaired) electrons. The van der Waals surface area contributed by atoms with Crippen molar-refractivity contribution in [3.63, 3.8) is 0 Å². The van der Waals surface area contributed by atoms with Gasteiger partial charge in [-0.3, -0.25) is 25.6 Å². The molecule has 0 spiro atoms. The number of anilines is 1. The van der Waals surface area contributed by atoms with Gasteiger partial charge >= 0.3 is 0 Å². The Morgan fingerprint density at radius 1 is 1.54 bits per heavy atom. The first kappa shape index (κ1) is 19.6. The molecule has 1 aromatic heterocycles. The Morgan fingerprint density at radius 2 is 2.29 bits per heavy atom. The lowest BCUT2D eigenvalue weighted by molar-refractivity contribution is -0.154. The fourth-order valence-electron chi connectivity index (χ4n) is 1.99. The number of hydrazine groups is 1. The van der Waals surface area contributed by atoms with Crippen molar-refractivity contribution in [2.45, 2.75) is 32.6 Å². The van der Waals surface area contributed by atoms with Crippen LogP contribution in [0.4, 0.5) is 10.3 Å². The van der Waals surface area contributed by atoms with Crippen molar-refractivity contribution >= 4 is 18.3 Å². The van der Waals surface area contributed by atoms with Crippen LogP contribution in [0.25, 0.3) is 0 Å². The van der Waals surface area contributed by atoms with Gasteiger partial charge < -0.3 is 4.74 Å². The van der Waals surface area contributed by atoms with Gasteiger partial charge in [0.15, 0.2) is 0 Å². The van der Waals surface area contributed by atoms with Gasteiger partial charge in [0.1, 0.15) is 0 Å². The van der Waals surface area contributed by atoms with Crippen LogP contribution < -0.4 is 15.6 Å². The maximum atomic E-state index is 13.2. The van der Waals surface area contributed by atoms with E-state index in [9.17, 15) is 19.2 Å². The number of carbonyl (C=O) groups excluding carboxylic acids is 2. The molecule has 0 aliphatic rings. The van der Waals surface area contributed by atoms with Gasteiger partial charge in [0.2, 0.25) is 24.1 Å². The van der Waals surface area contributed by atoms with Crippen molar-refractivity contribution in [3.8, 4) is 5.88 Å². The quantitative estimate of drug-likeness (QED) is 0.238. The number of carbonyl (C=O) groups is 2. The molecule has 0 bridgehead atoms. The molecule has 10 heteroatoms. The van der Waals surface area contributed by atoms with E-state index in [0.29, 0.717) is 11.5 Å². The number of aromatic nitrogens is 2. The number of hydrogen-bond acceptors (Lipinski definition) is 7. The molecule has 1 aromatic rings. The second kappa shape index (κ2) is 10.3. The van der Waals surface area contributed by atoms with Crippen LogP contribution >= 0.6 is 0 Å². The van der Waals surface area contributed by atoms with E-state index in [-0.39, 0.29) is 24.8 Å². The number of rotatable bonds is 11. The maximum Gasteiger partial charge on any atom is 0.255 e. The van der Waals surface area contributed by atoms with Crippen molar-refractivity contribution in [1.82, 2.24) is 20.5 Å². The lowest BCUT2D eigenvalue weighted by Crippen LogP contribution is -2.40. The van der Waals surface area contributed by atoms with E-state index in [1.165, 1.54) is 7.11 Å². The Kier molecular flexibility index (Phi) is 8.41. The first-order chi connectivity index (χ1) is 11.5. The van der Waals surface area contributed by atoms with Crippen LogP contribution in [0.2, 0.25) is 0 Å². The van der Waals surface area contributed by atoms with Crippen LogP contribution in [0.15, 0.2) is 6.20 Å². The van der Waals surface area contributed by atoms with Crippen LogP contribution in [-0.2, 0) is 9.59 Å². The molecule has 134 valence electrons. The zero-order valence-corrected chi connectivity index (χ0v) is 13.7. The maximum absolute atomic E-state index is 13.2. The van der Waals surface area contributed by atoms with E-state index in [2.05, 4.69) is 20.8 Å². The summed E-state index contributed by atoms with van der Waals surface area (Å²) in [5.41, 5.74) is 4.83. The van der Waals surface area contributed by atoms with Crippen molar-refractivity contribution in [2.75, 3.05) is 19.1 Å². The predicted molar refractivity (Wildman–Crippen MR) is 82.5 cm³/mol. The molecular formula is C14H22FN5O4. The Labute approximate surface area is 139 Å². The van der Waals surface area contributed by atoms with Gasteiger partial charge in [-0.25, -0.2) is 10.0 Å². The molecule has 0 aliphatic heterocycles. The van der Waals surface area contributed by atoms with Crippen LogP contribution in [0.3, 0.4) is 0 Å². The SMILES string of the molecule is CCCCCC(CN(O)C=O)C(=O)NNc1ncc(F)c(OC)n1. The van der Waals surface area contributed by atoms with Crippen LogP contribution in [0.1, 0.15) is 32.6 Å². The smallest absolute Gasteiger partial charge is 0.255 e. The van der Waals surface area contributed by atoms with Crippen molar-refractivity contribution < 1.29 is 23.9 Å². The third-order valence-corrected chi connectivity index (χ3v) is 3.26. The van der Waals surface area contributed by atoms with E-state index in [4.69, 9.17) is 4.74 Å². The first-order valence-corrected chi connectivity index (χ1v) is 7.55. The monoisotopic (exact) mass is 343 g/mol. The highest BCUT2D eigenvalue weighted by Crippen LogP contribution is 2.14. The van der Waals surface area contributed by atoms with Gasteiger partial charge in [0.05, 0.1) is 25.8 Å². The molecule has 1 unspecified atom stereocenters. The molecule has 0 aromatic carbocycles. The number of ether oxygens (including phenoxy) is 1. The molecular weight excluding hydrogens is 321 g/mol. The second-order valence-corrected chi connectivity index (χ2v) is 5.09. The highest BCUT2D eigenvalue weighted by molar-refractivity contribution is 5.80. The number of amides is 2. The van der Waals surface area contributed by atoms with Gasteiger partial charge in [-0.2, -0.15) is 9.37 Å². The zero-order chi connectivity index (χ0) is 17.9. The third kappa shape index (κ3) is 6.32. The summed E-state index contributed by atoms with van der Waals surface area (Å²) in [6.07, 6.45) is 4.33. The van der Waals surface area contributed by atoms with Gasteiger partial charge in [0.25, 0.3) is 5.88 Å². The molecule has 1 heterocycles. The summed E-state index contributed by atoms with van der Waals surface area (Å²) >= 11 is 0. The average molecular weight is 343 g/mol. The summed E-state index contributed by atoms with van der Waals surface area (Å²) in [5.74, 6) is -2.09. The number of hydroxylamine groups is 2. The topological polar surface area (TPSA) is 117 Å². The largest absolute Gasteiger partial charge is 0.479 e. The van der Waals surface area contributed by atoms with E-state index in [0.717, 1.165) is 25.5 Å². The fourth-order valence-corrected chi connectivity index (χ4v) is 1.99. The standard InChI is InChI=1S/C14H22FN5O4/c1-3-4-5-6-10(8-20(23)9-21)12(22)18-19-14-16-7-11(15)13(17-14)24-2/h7,9-10,23H,3-6,8H2,1-2H3,(H,18,22)(H,16,17,19). The Hall–Kier alpha value is -2.49. The Morgan fingerprint density at radius 3 is 2.92 bits per heavy atom. The summed E-state index contributed by atoms with van der Waals surface area (Å²) in [7, 11) is 1.26. The highest BCUT2D eigenvalue weighted by Gasteiger charge is 2.21. The average Bonchev–Trinajstić information content (AvgIpc) is 2.59. The molecule has 3 N–H and O–H groups in total. The molecule has 24 heavy (non-hydrogen) atoms. The normalized spacial score (nSPS) is 11.5. The fraction of sp³-hybridized carbons (Fsp3) is 0.571. The molecule has 1 rings (SSSR count). The Balaban J connectivity index is 2.63. The molecule has 0 saturated carbocycles. The van der Waals surface area contributed by atoms with E-state index in [1.54, 1.807) is 0 Å². The molecule has 0 aliphatic carbocycles. The lowest BCUT2D eigenvalue weighted by Gasteiger charge is -2.19. The van der Waals surface area contributed by atoms with Crippen LogP contribution in [-0.4, -0.2) is 46.2 Å². The first-order valence-electron chi connectivity index (χ1n) is 7.55. The molecule has 1 atom stereocenters. The van der Waals surface area contributed by atoms with Gasteiger partial charge in [-0.1, -0.05) is 26.2 Å². The third-order valence-electron chi connectivity index (χ3n) is 3.26. The number of unbranched alkanes of at least 4 members (excludes halogenated alkanes) is 2. The molecule has 0 saturated heterocycles. The minimum absolute atomic E-state index is 0.0508. The number of hydrogen-bond donors (Lipinski definition) is 3. The number of nitrogens with zero attached hydrogens (tertiary/aromatic N) is 3. The Bertz CT molecular complexity index is 546. The van der Waals surface area contributed by atoms with E-state index in [1.807, 2.05) is 6.92 Å². The zero-order valence-electron chi connectivity index (χ0n) is 13.7. The van der Waals surface area contributed by atoms with Gasteiger partial charge in [-0.15, -0.1) is 0 Å². The number of nitrogens with one attached hydrogen (secondary N) is 2. The molecule has 9 nitrogen and oxygen atoms in total. The minimum Gasteiger partial charge on any atom is -0.479 e. The van der Waals surface area contributed by atoms with Crippen LogP contribution in [0, 0.1) is 11.7 Å². The van der Waals surface area contributed by atoms with Crippen molar-refractivity contribution in [3.05, 3.63) is 12.0 Å². The number of methoxy groups -OCH3 is 1. The van der Waals surface area contributed by atoms with Gasteiger partial charge in [0, 0.05) is 0 Å². The highest BCUT2D eigenvalue weighted by atomic mass is 19.1. The molecule has 2 amide bonds. The summed E-state index contributed by atoms with van der Waals surface area (Å²) < 4.78 is 17.9. The van der Waals surface area contributed by atoms with E-state index < -0.39 is 17.6 Å². The minimum atomic E-state index is -0.728. The summed E-state index contributed by atoms with van der Waals surface area (Å²) in [6, 6.07) is 0. The van der Waals surface area contributed by atoms with Gasteiger partial charge in [-0.05, 0) is 6.42 Å². The van der Waals surface area contributed by atoms with Crippen LogP contribution in [0.5, 0.6) is 5.88 Å². The predicted octanol–water partition coefficient (Wildman–Crippen LogP) is 1.11. The summed E-state index contributed by atoms with van der Waals surface area (Å²) in [5, 5.41) is 9.72. The molecule has 0 fully saturated rings. The van der Waals surface area contributed by atoms with Crippen molar-refractivity contribution in [2.24, 2.45) is 5.92 Å². The van der Waals surface area contributed by atoms with Crippen molar-refractivity contribution in [1.29, 1.82) is 0 Å².